The molecule has 0 radical (unpaired) electrons. The van der Waals surface area contributed by atoms with Crippen LogP contribution in [0.25, 0.3) is 0 Å². The Balaban J connectivity index is 0.000000265. The lowest BCUT2D eigenvalue weighted by atomic mass is 10.00. The molecule has 2 N–H and O–H groups in total. The summed E-state index contributed by atoms with van der Waals surface area (Å²) >= 11 is 0. The third-order valence-electron chi connectivity index (χ3n) is 3.56. The van der Waals surface area contributed by atoms with Crippen molar-refractivity contribution in [3.8, 4) is 0 Å². The lowest BCUT2D eigenvalue weighted by molar-refractivity contribution is -0.385. The fourth-order valence-electron chi connectivity index (χ4n) is 2.19. The van der Waals surface area contributed by atoms with E-state index >= 15 is 0 Å². The number of allylic oxidation sites excluding steroid dienone is 2. The average Bonchev–Trinajstić information content (AvgIpc) is 2.64. The highest BCUT2D eigenvalue weighted by molar-refractivity contribution is 5.90. The molecule has 0 aromatic heterocycles. The zero-order valence-corrected chi connectivity index (χ0v) is 14.3. The van der Waals surface area contributed by atoms with Crippen molar-refractivity contribution in [1.82, 2.24) is 15.5 Å². The molecule has 1 aromatic carbocycles. The van der Waals surface area contributed by atoms with Crippen LogP contribution >= 0.6 is 0 Å². The fourth-order valence-corrected chi connectivity index (χ4v) is 2.19. The molecular weight excluding hydrogens is 347 g/mol. The normalized spacial score (nSPS) is 14.0. The van der Waals surface area contributed by atoms with E-state index in [0.29, 0.717) is 0 Å². The van der Waals surface area contributed by atoms with E-state index in [-0.39, 0.29) is 23.2 Å². The number of fused-ring (bicyclic) bond motifs is 1. The predicted molar refractivity (Wildman–Crippen MR) is 91.0 cm³/mol. The number of aldehydes is 2. The first-order valence-corrected chi connectivity index (χ1v) is 7.56. The van der Waals surface area contributed by atoms with Gasteiger partial charge < -0.3 is 15.5 Å². The van der Waals surface area contributed by atoms with Crippen molar-refractivity contribution in [2.75, 3.05) is 20.6 Å². The standard InChI is InChI=1S/C10H12N2O2.C6H7FN2O3/c1-11-5-4-8-2-3-10(12(13)14)6-9(8)7-11;1-8-6(12)9-5(3-11)4(7)2-10/h2-3,6H,4-5,7H2,1H3;2-3H,1H3,(H2,8,9,12)/b;5-4+. The van der Waals surface area contributed by atoms with Crippen molar-refractivity contribution < 1.29 is 23.7 Å². The second-order valence-corrected chi connectivity index (χ2v) is 5.40. The number of carbonyl (C=O) groups excluding carboxylic acids is 3. The van der Waals surface area contributed by atoms with Gasteiger partial charge in [0.05, 0.1) is 4.92 Å². The van der Waals surface area contributed by atoms with Gasteiger partial charge in [-0.1, -0.05) is 6.07 Å². The predicted octanol–water partition coefficient (Wildman–Crippen LogP) is 1.08. The molecular formula is C16H19FN4O5. The van der Waals surface area contributed by atoms with Gasteiger partial charge in [0, 0.05) is 32.3 Å². The fraction of sp³-hybridized carbons (Fsp3) is 0.312. The molecule has 0 saturated carbocycles. The van der Waals surface area contributed by atoms with E-state index in [0.717, 1.165) is 25.1 Å². The highest BCUT2D eigenvalue weighted by atomic mass is 19.1. The highest BCUT2D eigenvalue weighted by Crippen LogP contribution is 2.22. The number of halogens is 1. The third kappa shape index (κ3) is 6.06. The Labute approximate surface area is 149 Å². The summed E-state index contributed by atoms with van der Waals surface area (Å²) in [5.41, 5.74) is 1.84. The Hall–Kier alpha value is -3.14. The van der Waals surface area contributed by atoms with Gasteiger partial charge in [-0.25, -0.2) is 9.18 Å². The second-order valence-electron chi connectivity index (χ2n) is 5.40. The van der Waals surface area contributed by atoms with Gasteiger partial charge in [0.25, 0.3) is 5.69 Å². The highest BCUT2D eigenvalue weighted by Gasteiger charge is 2.16. The number of urea groups is 1. The van der Waals surface area contributed by atoms with Gasteiger partial charge in [-0.15, -0.1) is 0 Å². The van der Waals surface area contributed by atoms with E-state index in [4.69, 9.17) is 0 Å². The first-order valence-electron chi connectivity index (χ1n) is 7.56. The van der Waals surface area contributed by atoms with Crippen molar-refractivity contribution in [3.63, 3.8) is 0 Å². The topological polar surface area (TPSA) is 122 Å². The number of benzene rings is 1. The molecule has 0 atom stereocenters. The van der Waals surface area contributed by atoms with Crippen LogP contribution in [0.3, 0.4) is 0 Å². The second kappa shape index (κ2) is 9.99. The van der Waals surface area contributed by atoms with Gasteiger partial charge in [-0.2, -0.15) is 0 Å². The molecule has 0 unspecified atom stereocenters. The smallest absolute Gasteiger partial charge is 0.319 e. The number of hydrogen-bond acceptors (Lipinski definition) is 6. The Morgan fingerprint density at radius 1 is 1.31 bits per heavy atom. The number of nitrogens with zero attached hydrogens (tertiary/aromatic N) is 2. The molecule has 140 valence electrons. The Morgan fingerprint density at radius 3 is 2.54 bits per heavy atom. The van der Waals surface area contributed by atoms with E-state index < -0.39 is 17.6 Å². The molecule has 0 aliphatic carbocycles. The quantitative estimate of drug-likeness (QED) is 0.356. The van der Waals surface area contributed by atoms with Gasteiger partial charge >= 0.3 is 6.03 Å². The maximum atomic E-state index is 12.3. The molecule has 10 heteroatoms. The first kappa shape index (κ1) is 20.9. The van der Waals surface area contributed by atoms with Gasteiger partial charge in [0.1, 0.15) is 5.70 Å². The van der Waals surface area contributed by atoms with Crippen LogP contribution in [-0.4, -0.2) is 49.1 Å². The summed E-state index contributed by atoms with van der Waals surface area (Å²) in [4.78, 5) is 42.8. The molecule has 2 amide bonds. The number of nitro groups is 1. The summed E-state index contributed by atoms with van der Waals surface area (Å²) in [6.45, 7) is 1.85. The molecule has 0 spiro atoms. The van der Waals surface area contributed by atoms with E-state index in [9.17, 15) is 28.9 Å². The van der Waals surface area contributed by atoms with Gasteiger partial charge in [0.2, 0.25) is 0 Å². The van der Waals surface area contributed by atoms with Crippen molar-refractivity contribution in [3.05, 3.63) is 51.0 Å². The molecule has 1 heterocycles. The number of rotatable bonds is 4. The van der Waals surface area contributed by atoms with Crippen LogP contribution in [0.2, 0.25) is 0 Å². The molecule has 1 aliphatic heterocycles. The monoisotopic (exact) mass is 366 g/mol. The van der Waals surface area contributed by atoms with E-state index in [2.05, 4.69) is 10.2 Å². The SMILES string of the molecule is CN1CCc2ccc([N+](=O)[O-])cc2C1.CNC(=O)N/C(C=O)=C(/F)C=O. The molecule has 1 aromatic rings. The number of carbonyl (C=O) groups is 3. The summed E-state index contributed by atoms with van der Waals surface area (Å²) in [6.07, 6.45) is 0.864. The molecule has 0 fully saturated rings. The Kier molecular flexibility index (Phi) is 8.03. The van der Waals surface area contributed by atoms with Crippen molar-refractivity contribution >= 4 is 24.3 Å². The van der Waals surface area contributed by atoms with E-state index in [1.54, 1.807) is 12.1 Å². The number of non-ortho nitro benzene ring substituents is 1. The number of likely N-dealkylation sites (N-methyl/N-ethyl adjacent to an activating group) is 1. The maximum absolute atomic E-state index is 12.3. The Bertz CT molecular complexity index is 735. The van der Waals surface area contributed by atoms with Crippen molar-refractivity contribution in [1.29, 1.82) is 0 Å². The van der Waals surface area contributed by atoms with Crippen molar-refractivity contribution in [2.45, 2.75) is 13.0 Å². The zero-order valence-electron chi connectivity index (χ0n) is 14.3. The summed E-state index contributed by atoms with van der Waals surface area (Å²) in [5, 5.41) is 14.5. The van der Waals surface area contributed by atoms with Crippen LogP contribution in [0.1, 0.15) is 11.1 Å². The minimum absolute atomic E-state index is 0.0406. The summed E-state index contributed by atoms with van der Waals surface area (Å²) < 4.78 is 12.3. The molecule has 1 aliphatic rings. The molecule has 0 bridgehead atoms. The van der Waals surface area contributed by atoms with E-state index in [1.807, 2.05) is 18.4 Å². The van der Waals surface area contributed by atoms with Crippen LogP contribution in [0.5, 0.6) is 0 Å². The van der Waals surface area contributed by atoms with E-state index in [1.165, 1.54) is 12.6 Å². The van der Waals surface area contributed by atoms with Crippen LogP contribution in [0, 0.1) is 10.1 Å². The summed E-state index contributed by atoms with van der Waals surface area (Å²) in [5.74, 6) is -1.31. The minimum atomic E-state index is -1.31. The van der Waals surface area contributed by atoms with Crippen LogP contribution in [-0.2, 0) is 22.6 Å². The number of hydrogen-bond donors (Lipinski definition) is 2. The van der Waals surface area contributed by atoms with Gasteiger partial charge in [0.15, 0.2) is 18.4 Å². The van der Waals surface area contributed by atoms with Gasteiger partial charge in [-0.3, -0.25) is 19.7 Å². The van der Waals surface area contributed by atoms with Crippen LogP contribution < -0.4 is 10.6 Å². The van der Waals surface area contributed by atoms with Gasteiger partial charge in [-0.05, 0) is 24.6 Å². The van der Waals surface area contributed by atoms with Crippen LogP contribution in [0.15, 0.2) is 29.7 Å². The average molecular weight is 366 g/mol. The minimum Gasteiger partial charge on any atom is -0.341 e. The molecule has 9 nitrogen and oxygen atoms in total. The first-order chi connectivity index (χ1) is 12.3. The van der Waals surface area contributed by atoms with Crippen molar-refractivity contribution in [2.24, 2.45) is 0 Å². The summed E-state index contributed by atoms with van der Waals surface area (Å²) in [7, 11) is 3.32. The number of amides is 2. The zero-order chi connectivity index (χ0) is 19.7. The largest absolute Gasteiger partial charge is 0.341 e. The molecule has 26 heavy (non-hydrogen) atoms. The van der Waals surface area contributed by atoms with Crippen LogP contribution in [0.4, 0.5) is 14.9 Å². The number of nitrogens with one attached hydrogen (secondary N) is 2. The Morgan fingerprint density at radius 2 is 2.00 bits per heavy atom. The summed E-state index contributed by atoms with van der Waals surface area (Å²) in [6, 6.07) is 4.38. The molecule has 2 rings (SSSR count). The lowest BCUT2D eigenvalue weighted by Gasteiger charge is -2.24. The number of nitro benzene ring substituents is 1. The maximum Gasteiger partial charge on any atom is 0.319 e. The lowest BCUT2D eigenvalue weighted by Crippen LogP contribution is -2.33. The third-order valence-corrected chi connectivity index (χ3v) is 3.56. The molecule has 0 saturated heterocycles.